The monoisotopic (exact) mass is 196 g/mol. The molecular weight excluding hydrogens is 180 g/mol. The molecule has 0 aromatic carbocycles. The zero-order valence-corrected chi connectivity index (χ0v) is 8.56. The lowest BCUT2D eigenvalue weighted by Crippen LogP contribution is -2.17. The van der Waals surface area contributed by atoms with Crippen molar-refractivity contribution in [2.45, 2.75) is 39.7 Å². The van der Waals surface area contributed by atoms with Gasteiger partial charge in [-0.1, -0.05) is 13.8 Å². The molecule has 0 fully saturated rings. The first-order valence-electron chi connectivity index (χ1n) is 4.09. The first-order valence-corrected chi connectivity index (χ1v) is 5.42. The molecule has 0 aliphatic rings. The van der Waals surface area contributed by atoms with E-state index in [-0.39, 0.29) is 12.7 Å². The number of hydrogen-bond acceptors (Lipinski definition) is 4. The SMILES string of the molecule is CCCOS(=O)(=O)OC(C)CC. The molecule has 1 unspecified atom stereocenters. The molecule has 0 amide bonds. The first kappa shape index (κ1) is 11.9. The maximum atomic E-state index is 10.9. The summed E-state index contributed by atoms with van der Waals surface area (Å²) in [5, 5.41) is 0. The summed E-state index contributed by atoms with van der Waals surface area (Å²) < 4.78 is 31.0. The summed E-state index contributed by atoms with van der Waals surface area (Å²) in [6, 6.07) is 0. The molecule has 0 saturated carbocycles. The molecule has 74 valence electrons. The van der Waals surface area contributed by atoms with Crippen LogP contribution in [0.5, 0.6) is 0 Å². The highest BCUT2D eigenvalue weighted by molar-refractivity contribution is 7.81. The summed E-state index contributed by atoms with van der Waals surface area (Å²) in [7, 11) is -3.76. The lowest BCUT2D eigenvalue weighted by atomic mass is 10.3. The Morgan fingerprint density at radius 3 is 2.33 bits per heavy atom. The molecule has 0 aromatic rings. The van der Waals surface area contributed by atoms with E-state index in [0.29, 0.717) is 12.8 Å². The van der Waals surface area contributed by atoms with Crippen LogP contribution in [0.1, 0.15) is 33.6 Å². The molecular formula is C7H16O4S. The predicted octanol–water partition coefficient (Wildman–Crippen LogP) is 1.47. The van der Waals surface area contributed by atoms with Gasteiger partial charge in [-0.15, -0.1) is 0 Å². The molecule has 0 bridgehead atoms. The van der Waals surface area contributed by atoms with Crippen LogP contribution in [-0.4, -0.2) is 21.1 Å². The van der Waals surface area contributed by atoms with Crippen molar-refractivity contribution in [2.75, 3.05) is 6.61 Å². The van der Waals surface area contributed by atoms with Crippen molar-refractivity contribution >= 4 is 10.4 Å². The molecule has 0 aromatic heterocycles. The fourth-order valence-electron chi connectivity index (χ4n) is 0.482. The Morgan fingerprint density at radius 2 is 1.92 bits per heavy atom. The maximum absolute atomic E-state index is 10.9. The fraction of sp³-hybridized carbons (Fsp3) is 1.00. The van der Waals surface area contributed by atoms with E-state index in [1.165, 1.54) is 0 Å². The summed E-state index contributed by atoms with van der Waals surface area (Å²) in [5.74, 6) is 0. The van der Waals surface area contributed by atoms with Gasteiger partial charge in [-0.05, 0) is 19.8 Å². The van der Waals surface area contributed by atoms with E-state index < -0.39 is 10.4 Å². The summed E-state index contributed by atoms with van der Waals surface area (Å²) in [5.41, 5.74) is 0. The maximum Gasteiger partial charge on any atom is 0.400 e. The Kier molecular flexibility index (Phi) is 5.44. The smallest absolute Gasteiger partial charge is 0.248 e. The van der Waals surface area contributed by atoms with Crippen LogP contribution >= 0.6 is 0 Å². The van der Waals surface area contributed by atoms with E-state index in [1.807, 2.05) is 13.8 Å². The second-order valence-electron chi connectivity index (χ2n) is 2.55. The van der Waals surface area contributed by atoms with Gasteiger partial charge in [0.05, 0.1) is 12.7 Å². The molecule has 0 rings (SSSR count). The summed E-state index contributed by atoms with van der Waals surface area (Å²) in [4.78, 5) is 0. The third-order valence-electron chi connectivity index (χ3n) is 1.29. The highest BCUT2D eigenvalue weighted by Crippen LogP contribution is 2.04. The standard InChI is InChI=1S/C7H16O4S/c1-4-6-10-12(8,9)11-7(3)5-2/h7H,4-6H2,1-3H3. The van der Waals surface area contributed by atoms with Crippen LogP contribution < -0.4 is 0 Å². The summed E-state index contributed by atoms with van der Waals surface area (Å²) in [6.07, 6.45) is 0.990. The van der Waals surface area contributed by atoms with Crippen LogP contribution in [0.3, 0.4) is 0 Å². The molecule has 0 radical (unpaired) electrons. The van der Waals surface area contributed by atoms with Crippen molar-refractivity contribution in [1.29, 1.82) is 0 Å². The normalized spacial score (nSPS) is 14.6. The second-order valence-corrected chi connectivity index (χ2v) is 3.79. The Hall–Kier alpha value is -0.130. The highest BCUT2D eigenvalue weighted by atomic mass is 32.3. The second kappa shape index (κ2) is 5.50. The lowest BCUT2D eigenvalue weighted by Gasteiger charge is -2.09. The van der Waals surface area contributed by atoms with Gasteiger partial charge in [0, 0.05) is 0 Å². The van der Waals surface area contributed by atoms with Crippen molar-refractivity contribution in [1.82, 2.24) is 0 Å². The highest BCUT2D eigenvalue weighted by Gasteiger charge is 2.14. The van der Waals surface area contributed by atoms with Gasteiger partial charge in [-0.25, -0.2) is 8.37 Å². The van der Waals surface area contributed by atoms with Crippen molar-refractivity contribution in [3.05, 3.63) is 0 Å². The van der Waals surface area contributed by atoms with Gasteiger partial charge < -0.3 is 0 Å². The quantitative estimate of drug-likeness (QED) is 0.645. The van der Waals surface area contributed by atoms with E-state index in [0.717, 1.165) is 0 Å². The summed E-state index contributed by atoms with van der Waals surface area (Å²) >= 11 is 0. The zero-order valence-electron chi connectivity index (χ0n) is 7.74. The van der Waals surface area contributed by atoms with E-state index >= 15 is 0 Å². The first-order chi connectivity index (χ1) is 5.52. The fourth-order valence-corrected chi connectivity index (χ4v) is 1.45. The Labute approximate surface area is 74.2 Å². The van der Waals surface area contributed by atoms with Crippen molar-refractivity contribution < 1.29 is 16.8 Å². The third-order valence-corrected chi connectivity index (χ3v) is 2.31. The van der Waals surface area contributed by atoms with Gasteiger partial charge in [0.25, 0.3) is 0 Å². The number of rotatable bonds is 6. The van der Waals surface area contributed by atoms with E-state index in [1.54, 1.807) is 6.92 Å². The van der Waals surface area contributed by atoms with Crippen molar-refractivity contribution in [3.8, 4) is 0 Å². The summed E-state index contributed by atoms with van der Waals surface area (Å²) in [6.45, 7) is 5.55. The van der Waals surface area contributed by atoms with Gasteiger partial charge in [-0.2, -0.15) is 8.42 Å². The molecule has 4 nitrogen and oxygen atoms in total. The molecule has 0 aliphatic carbocycles. The average molecular weight is 196 g/mol. The third kappa shape index (κ3) is 5.51. The Bertz CT molecular complexity index is 197. The predicted molar refractivity (Wildman–Crippen MR) is 46.0 cm³/mol. The molecule has 0 heterocycles. The van der Waals surface area contributed by atoms with E-state index in [4.69, 9.17) is 0 Å². The van der Waals surface area contributed by atoms with Gasteiger partial charge in [0.1, 0.15) is 0 Å². The van der Waals surface area contributed by atoms with Crippen LogP contribution in [0, 0.1) is 0 Å². The molecule has 1 atom stereocenters. The minimum atomic E-state index is -3.76. The van der Waals surface area contributed by atoms with Gasteiger partial charge in [-0.3, -0.25) is 0 Å². The van der Waals surface area contributed by atoms with Gasteiger partial charge in [0.2, 0.25) is 0 Å². The molecule has 0 N–H and O–H groups in total. The van der Waals surface area contributed by atoms with Crippen LogP contribution in [0.2, 0.25) is 0 Å². The van der Waals surface area contributed by atoms with E-state index in [9.17, 15) is 8.42 Å². The lowest BCUT2D eigenvalue weighted by molar-refractivity contribution is 0.165. The van der Waals surface area contributed by atoms with Crippen LogP contribution in [0.25, 0.3) is 0 Å². The van der Waals surface area contributed by atoms with Gasteiger partial charge in [0.15, 0.2) is 0 Å². The molecule has 0 aliphatic heterocycles. The topological polar surface area (TPSA) is 52.6 Å². The zero-order chi connectivity index (χ0) is 9.61. The van der Waals surface area contributed by atoms with Crippen LogP contribution in [0.4, 0.5) is 0 Å². The van der Waals surface area contributed by atoms with Crippen molar-refractivity contribution in [3.63, 3.8) is 0 Å². The van der Waals surface area contributed by atoms with Gasteiger partial charge >= 0.3 is 10.4 Å². The number of hydrogen-bond donors (Lipinski definition) is 0. The Morgan fingerprint density at radius 1 is 1.33 bits per heavy atom. The van der Waals surface area contributed by atoms with Crippen molar-refractivity contribution in [2.24, 2.45) is 0 Å². The molecule has 5 heteroatoms. The molecule has 12 heavy (non-hydrogen) atoms. The average Bonchev–Trinajstić information content (AvgIpc) is 2.00. The largest absolute Gasteiger partial charge is 0.400 e. The Balaban J connectivity index is 3.88. The molecule has 0 spiro atoms. The molecule has 0 saturated heterocycles. The minimum Gasteiger partial charge on any atom is -0.248 e. The van der Waals surface area contributed by atoms with Crippen LogP contribution in [-0.2, 0) is 18.8 Å². The van der Waals surface area contributed by atoms with E-state index in [2.05, 4.69) is 8.37 Å². The van der Waals surface area contributed by atoms with Crippen LogP contribution in [0.15, 0.2) is 0 Å². The minimum absolute atomic E-state index is 0.179.